The van der Waals surface area contributed by atoms with Crippen LogP contribution in [-0.2, 0) is 16.6 Å². The summed E-state index contributed by atoms with van der Waals surface area (Å²) in [5.74, 6) is 0.863. The number of carbonyl (C=O) groups excluding carboxylic acids is 1. The molecule has 33 heavy (non-hydrogen) atoms. The molecule has 0 fully saturated rings. The van der Waals surface area contributed by atoms with Gasteiger partial charge in [0.1, 0.15) is 0 Å². The van der Waals surface area contributed by atoms with Crippen LogP contribution in [0.1, 0.15) is 29.3 Å². The summed E-state index contributed by atoms with van der Waals surface area (Å²) in [5, 5.41) is 2.83. The molecule has 0 atom stereocenters. The largest absolute Gasteiger partial charge is 0.493 e. The van der Waals surface area contributed by atoms with Gasteiger partial charge < -0.3 is 14.8 Å². The molecule has 0 saturated carbocycles. The predicted octanol–water partition coefficient (Wildman–Crippen LogP) is 4.24. The fourth-order valence-electron chi connectivity index (χ4n) is 3.17. The van der Waals surface area contributed by atoms with E-state index in [0.29, 0.717) is 23.8 Å². The molecule has 0 aliphatic heterocycles. The van der Waals surface area contributed by atoms with Gasteiger partial charge in [0.05, 0.1) is 24.3 Å². The molecule has 0 aliphatic carbocycles. The summed E-state index contributed by atoms with van der Waals surface area (Å²) in [6.07, 6.45) is 0.886. The number of carbonyl (C=O) groups is 1. The summed E-state index contributed by atoms with van der Waals surface area (Å²) in [7, 11) is -0.765. The van der Waals surface area contributed by atoms with E-state index in [1.807, 2.05) is 25.1 Å². The molecule has 7 nitrogen and oxygen atoms in total. The number of amides is 1. The number of nitrogens with one attached hydrogen (secondary N) is 1. The molecule has 0 heterocycles. The fraction of sp³-hybridized carbons (Fsp3) is 0.240. The van der Waals surface area contributed by atoms with Gasteiger partial charge in [0, 0.05) is 19.2 Å². The van der Waals surface area contributed by atoms with Crippen molar-refractivity contribution in [3.8, 4) is 11.5 Å². The van der Waals surface area contributed by atoms with Gasteiger partial charge in [-0.1, -0.05) is 37.3 Å². The van der Waals surface area contributed by atoms with Gasteiger partial charge in [-0.15, -0.1) is 0 Å². The van der Waals surface area contributed by atoms with Crippen molar-refractivity contribution in [3.05, 3.63) is 83.9 Å². The summed E-state index contributed by atoms with van der Waals surface area (Å²) in [4.78, 5) is 12.8. The second-order valence-electron chi connectivity index (χ2n) is 7.35. The van der Waals surface area contributed by atoms with Crippen molar-refractivity contribution in [3.63, 3.8) is 0 Å². The smallest absolute Gasteiger partial charge is 0.264 e. The van der Waals surface area contributed by atoms with Crippen LogP contribution >= 0.6 is 0 Å². The molecule has 1 N–H and O–H groups in total. The Kier molecular flexibility index (Phi) is 7.95. The number of nitrogens with zero attached hydrogens (tertiary/aromatic N) is 1. The maximum absolute atomic E-state index is 13.0. The number of rotatable bonds is 10. The van der Waals surface area contributed by atoms with Crippen LogP contribution in [0.25, 0.3) is 0 Å². The molecule has 3 aromatic carbocycles. The number of ether oxygens (including phenoxy) is 2. The molecule has 0 aliphatic rings. The van der Waals surface area contributed by atoms with E-state index in [0.717, 1.165) is 12.0 Å². The summed E-state index contributed by atoms with van der Waals surface area (Å²) >= 11 is 0. The highest BCUT2D eigenvalue weighted by molar-refractivity contribution is 7.92. The van der Waals surface area contributed by atoms with E-state index in [-0.39, 0.29) is 22.9 Å². The number of methoxy groups -OCH3 is 1. The van der Waals surface area contributed by atoms with Gasteiger partial charge in [-0.25, -0.2) is 8.42 Å². The molecule has 174 valence electrons. The molecule has 0 spiro atoms. The van der Waals surface area contributed by atoms with E-state index in [2.05, 4.69) is 5.32 Å². The first-order valence-electron chi connectivity index (χ1n) is 10.6. The Bertz CT molecular complexity index is 1200. The Morgan fingerprint density at radius 3 is 2.42 bits per heavy atom. The molecule has 3 rings (SSSR count). The summed E-state index contributed by atoms with van der Waals surface area (Å²) in [6, 6.07) is 20.2. The maximum Gasteiger partial charge on any atom is 0.264 e. The van der Waals surface area contributed by atoms with Crippen LogP contribution in [0, 0.1) is 0 Å². The van der Waals surface area contributed by atoms with Crippen LogP contribution in [0.2, 0.25) is 0 Å². The number of benzene rings is 3. The van der Waals surface area contributed by atoms with Gasteiger partial charge >= 0.3 is 0 Å². The zero-order valence-corrected chi connectivity index (χ0v) is 19.8. The van der Waals surface area contributed by atoms with Crippen LogP contribution in [0.4, 0.5) is 5.69 Å². The highest BCUT2D eigenvalue weighted by atomic mass is 32.2. The number of sulfonamides is 1. The molecular formula is C25H28N2O5S. The highest BCUT2D eigenvalue weighted by Crippen LogP contribution is 2.28. The number of hydrogen-bond donors (Lipinski definition) is 1. The van der Waals surface area contributed by atoms with E-state index >= 15 is 0 Å². The third-order valence-corrected chi connectivity index (χ3v) is 6.80. The zero-order valence-electron chi connectivity index (χ0n) is 18.9. The van der Waals surface area contributed by atoms with Gasteiger partial charge in [-0.3, -0.25) is 9.10 Å². The molecule has 0 saturated heterocycles. The van der Waals surface area contributed by atoms with Gasteiger partial charge in [0.2, 0.25) is 0 Å². The first-order valence-corrected chi connectivity index (χ1v) is 12.0. The van der Waals surface area contributed by atoms with Gasteiger partial charge in [0.25, 0.3) is 15.9 Å². The van der Waals surface area contributed by atoms with Crippen LogP contribution < -0.4 is 19.1 Å². The Labute approximate surface area is 195 Å². The van der Waals surface area contributed by atoms with Crippen molar-refractivity contribution in [1.29, 1.82) is 0 Å². The molecule has 0 radical (unpaired) electrons. The lowest BCUT2D eigenvalue weighted by Crippen LogP contribution is -2.27. The van der Waals surface area contributed by atoms with E-state index in [4.69, 9.17) is 9.47 Å². The van der Waals surface area contributed by atoms with Crippen molar-refractivity contribution in [1.82, 2.24) is 5.32 Å². The average Bonchev–Trinajstić information content (AvgIpc) is 2.86. The highest BCUT2D eigenvalue weighted by Gasteiger charge is 2.22. The van der Waals surface area contributed by atoms with Crippen molar-refractivity contribution in [2.75, 3.05) is 25.1 Å². The van der Waals surface area contributed by atoms with E-state index in [1.165, 1.54) is 23.5 Å². The fourth-order valence-corrected chi connectivity index (χ4v) is 4.41. The first kappa shape index (κ1) is 24.1. The van der Waals surface area contributed by atoms with E-state index < -0.39 is 10.0 Å². The maximum atomic E-state index is 13.0. The quantitative estimate of drug-likeness (QED) is 0.481. The Morgan fingerprint density at radius 2 is 1.73 bits per heavy atom. The molecule has 0 aromatic heterocycles. The average molecular weight is 469 g/mol. The lowest BCUT2D eigenvalue weighted by atomic mass is 10.1. The molecular weight excluding hydrogens is 440 g/mol. The molecule has 8 heteroatoms. The Balaban J connectivity index is 1.72. The van der Waals surface area contributed by atoms with Crippen molar-refractivity contribution in [2.24, 2.45) is 0 Å². The SMILES string of the molecule is CCCOc1ccc(CNC(=O)c2cccc(S(=O)(=O)N(C)c3ccccc3)c2)cc1OC. The zero-order chi connectivity index (χ0) is 23.8. The summed E-state index contributed by atoms with van der Waals surface area (Å²) in [6.45, 7) is 2.87. The Morgan fingerprint density at radius 1 is 0.970 bits per heavy atom. The van der Waals surface area contributed by atoms with E-state index in [1.54, 1.807) is 49.6 Å². The topological polar surface area (TPSA) is 84.9 Å². The number of hydrogen-bond acceptors (Lipinski definition) is 5. The van der Waals surface area contributed by atoms with Crippen molar-refractivity contribution < 1.29 is 22.7 Å². The standard InChI is InChI=1S/C25H28N2O5S/c1-4-15-32-23-14-13-19(16-24(23)31-3)18-26-25(28)20-9-8-12-22(17-20)33(29,30)27(2)21-10-6-5-7-11-21/h5-14,16-17H,4,15,18H2,1-3H3,(H,26,28). The normalized spacial score (nSPS) is 11.0. The minimum absolute atomic E-state index is 0.0422. The molecule has 0 unspecified atom stereocenters. The van der Waals surface area contributed by atoms with Crippen LogP contribution in [-0.4, -0.2) is 35.1 Å². The van der Waals surface area contributed by atoms with Crippen molar-refractivity contribution >= 4 is 21.6 Å². The van der Waals surface area contributed by atoms with Crippen LogP contribution in [0.3, 0.4) is 0 Å². The number of anilines is 1. The third kappa shape index (κ3) is 5.84. The minimum Gasteiger partial charge on any atom is -0.493 e. The lowest BCUT2D eigenvalue weighted by molar-refractivity contribution is 0.0950. The number of para-hydroxylation sites is 1. The Hall–Kier alpha value is -3.52. The summed E-state index contributed by atoms with van der Waals surface area (Å²) < 4.78 is 38.3. The second-order valence-corrected chi connectivity index (χ2v) is 9.32. The van der Waals surface area contributed by atoms with Crippen LogP contribution in [0.15, 0.2) is 77.7 Å². The van der Waals surface area contributed by atoms with Crippen LogP contribution in [0.5, 0.6) is 11.5 Å². The third-order valence-electron chi connectivity index (χ3n) is 5.02. The molecule has 3 aromatic rings. The molecule has 0 bridgehead atoms. The van der Waals surface area contributed by atoms with Gasteiger partial charge in [-0.05, 0) is 54.4 Å². The van der Waals surface area contributed by atoms with Crippen molar-refractivity contribution in [2.45, 2.75) is 24.8 Å². The lowest BCUT2D eigenvalue weighted by Gasteiger charge is -2.19. The summed E-state index contributed by atoms with van der Waals surface area (Å²) in [5.41, 5.74) is 1.62. The van der Waals surface area contributed by atoms with Gasteiger partial charge in [-0.2, -0.15) is 0 Å². The minimum atomic E-state index is -3.81. The first-order chi connectivity index (χ1) is 15.9. The predicted molar refractivity (Wildman–Crippen MR) is 128 cm³/mol. The van der Waals surface area contributed by atoms with Gasteiger partial charge in [0.15, 0.2) is 11.5 Å². The monoisotopic (exact) mass is 468 g/mol. The second kappa shape index (κ2) is 10.9. The molecule has 1 amide bonds. The van der Waals surface area contributed by atoms with E-state index in [9.17, 15) is 13.2 Å².